The Morgan fingerprint density at radius 1 is 1.00 bits per heavy atom. The van der Waals surface area contributed by atoms with Gasteiger partial charge in [0, 0.05) is 17.6 Å². The van der Waals surface area contributed by atoms with Crippen LogP contribution in [0.2, 0.25) is 0 Å². The van der Waals surface area contributed by atoms with Gasteiger partial charge in [-0.25, -0.2) is 9.59 Å². The number of carboxylic acid groups (broad SMARTS) is 2. The summed E-state index contributed by atoms with van der Waals surface area (Å²) in [6, 6.07) is 5.95. The van der Waals surface area contributed by atoms with Crippen LogP contribution in [-0.2, 0) is 33.3 Å². The first-order chi connectivity index (χ1) is 18.5. The largest absolute Gasteiger partial charge is 0.508 e. The summed E-state index contributed by atoms with van der Waals surface area (Å²) in [6.45, 7) is -1.20. The number of carbonyl (C=O) groups is 3. The SMILES string of the molecule is O=C(O)C[C@@H]1C(C(=O)O)=CO[C@@H](O[C@H]2O[C@@H](CO)[C@H](O)[C@@H](O)[C@@H]2O)/C1=C\COC(=O)/C=C/c1ccc(O)cc1. The highest BCUT2D eigenvalue weighted by Crippen LogP contribution is 2.35. The van der Waals surface area contributed by atoms with E-state index in [1.807, 2.05) is 0 Å². The Morgan fingerprint density at radius 2 is 1.69 bits per heavy atom. The number of hydrogen-bond acceptors (Lipinski definition) is 12. The van der Waals surface area contributed by atoms with Crippen LogP contribution in [-0.4, -0.2) is 104 Å². The van der Waals surface area contributed by atoms with E-state index in [1.54, 1.807) is 12.1 Å². The molecule has 7 atom stereocenters. The molecular weight excluding hydrogens is 524 g/mol. The molecule has 0 unspecified atom stereocenters. The van der Waals surface area contributed by atoms with Gasteiger partial charge < -0.3 is 54.7 Å². The van der Waals surface area contributed by atoms with E-state index in [2.05, 4.69) is 0 Å². The summed E-state index contributed by atoms with van der Waals surface area (Å²) in [5.41, 5.74) is 0.0648. The summed E-state index contributed by atoms with van der Waals surface area (Å²) in [7, 11) is 0. The third kappa shape index (κ3) is 7.63. The van der Waals surface area contributed by atoms with Crippen LogP contribution >= 0.6 is 0 Å². The van der Waals surface area contributed by atoms with Crippen molar-refractivity contribution in [1.29, 1.82) is 0 Å². The van der Waals surface area contributed by atoms with E-state index in [4.69, 9.17) is 18.9 Å². The second-order valence-electron chi connectivity index (χ2n) is 8.59. The summed E-state index contributed by atoms with van der Waals surface area (Å²) < 4.78 is 21.3. The molecule has 0 aromatic heterocycles. The molecule has 1 saturated heterocycles. The van der Waals surface area contributed by atoms with Gasteiger partial charge in [-0.05, 0) is 29.8 Å². The summed E-state index contributed by atoms with van der Waals surface area (Å²) in [6.07, 6.45) is -6.07. The number of hydrogen-bond donors (Lipinski definition) is 7. The zero-order valence-corrected chi connectivity index (χ0v) is 20.3. The average molecular weight is 552 g/mol. The van der Waals surface area contributed by atoms with Crippen molar-refractivity contribution in [2.24, 2.45) is 5.92 Å². The van der Waals surface area contributed by atoms with Crippen molar-refractivity contribution in [1.82, 2.24) is 0 Å². The summed E-state index contributed by atoms with van der Waals surface area (Å²) in [5, 5.41) is 67.9. The van der Waals surface area contributed by atoms with E-state index >= 15 is 0 Å². The molecule has 0 radical (unpaired) electrons. The van der Waals surface area contributed by atoms with Crippen LogP contribution in [0.1, 0.15) is 12.0 Å². The zero-order chi connectivity index (χ0) is 28.7. The predicted molar refractivity (Wildman–Crippen MR) is 127 cm³/mol. The lowest BCUT2D eigenvalue weighted by Gasteiger charge is -2.41. The average Bonchev–Trinajstić information content (AvgIpc) is 2.89. The maximum Gasteiger partial charge on any atom is 0.335 e. The number of ether oxygens (including phenoxy) is 4. The molecule has 3 rings (SSSR count). The van der Waals surface area contributed by atoms with Gasteiger partial charge in [0.2, 0.25) is 6.29 Å². The molecule has 0 bridgehead atoms. The number of aromatic hydroxyl groups is 1. The molecule has 1 fully saturated rings. The van der Waals surface area contributed by atoms with Gasteiger partial charge in [0.25, 0.3) is 0 Å². The van der Waals surface area contributed by atoms with Crippen LogP contribution in [0, 0.1) is 5.92 Å². The minimum Gasteiger partial charge on any atom is -0.508 e. The van der Waals surface area contributed by atoms with Crippen molar-refractivity contribution in [3.63, 3.8) is 0 Å². The number of carbonyl (C=O) groups excluding carboxylic acids is 1. The molecule has 212 valence electrons. The number of carboxylic acids is 2. The maximum absolute atomic E-state index is 12.2. The fourth-order valence-corrected chi connectivity index (χ4v) is 3.91. The quantitative estimate of drug-likeness (QED) is 0.106. The van der Waals surface area contributed by atoms with Gasteiger partial charge in [0.1, 0.15) is 36.8 Å². The molecular formula is C25H28O14. The minimum atomic E-state index is -1.82. The zero-order valence-electron chi connectivity index (χ0n) is 20.3. The van der Waals surface area contributed by atoms with Crippen LogP contribution in [0.4, 0.5) is 0 Å². The van der Waals surface area contributed by atoms with Crippen molar-refractivity contribution >= 4 is 24.0 Å². The van der Waals surface area contributed by atoms with Crippen molar-refractivity contribution in [2.75, 3.05) is 13.2 Å². The molecule has 0 amide bonds. The molecule has 1 aromatic carbocycles. The van der Waals surface area contributed by atoms with Gasteiger partial charge in [0.05, 0.1) is 24.9 Å². The van der Waals surface area contributed by atoms with Crippen LogP contribution < -0.4 is 0 Å². The summed E-state index contributed by atoms with van der Waals surface area (Å²) in [5.74, 6) is -4.91. The standard InChI is InChI=1S/C25H28O14/c26-10-17-20(31)21(32)22(33)25(38-17)39-24-14(15(9-18(28)29)16(11-37-24)23(34)35)7-8-36-19(30)6-3-12-1-4-13(27)5-2-12/h1-7,11,15,17,20-22,24-27,31-33H,8-10H2,(H,28,29)(H,34,35)/b6-3+,14-7-/t15-,17-,20-,21+,22-,24-,25+/m0/s1. The topological polar surface area (TPSA) is 230 Å². The van der Waals surface area contributed by atoms with Gasteiger partial charge in [-0.2, -0.15) is 0 Å². The van der Waals surface area contributed by atoms with Gasteiger partial charge >= 0.3 is 17.9 Å². The first-order valence-electron chi connectivity index (χ1n) is 11.6. The number of aliphatic carboxylic acids is 2. The smallest absolute Gasteiger partial charge is 0.335 e. The number of esters is 1. The van der Waals surface area contributed by atoms with Gasteiger partial charge in [-0.15, -0.1) is 0 Å². The van der Waals surface area contributed by atoms with Crippen LogP contribution in [0.3, 0.4) is 0 Å². The molecule has 14 nitrogen and oxygen atoms in total. The second-order valence-corrected chi connectivity index (χ2v) is 8.59. The summed E-state index contributed by atoms with van der Waals surface area (Å²) >= 11 is 0. The van der Waals surface area contributed by atoms with E-state index in [0.29, 0.717) is 5.56 Å². The molecule has 14 heteroatoms. The number of phenolic OH excluding ortho intramolecular Hbond substituents is 1. The normalized spacial score (nSPS) is 30.0. The lowest BCUT2D eigenvalue weighted by atomic mass is 9.86. The molecule has 0 spiro atoms. The second kappa shape index (κ2) is 13.3. The first-order valence-corrected chi connectivity index (χ1v) is 11.6. The third-order valence-corrected chi connectivity index (χ3v) is 5.95. The Bertz CT molecular complexity index is 1120. The molecule has 2 heterocycles. The van der Waals surface area contributed by atoms with E-state index < -0.39 is 86.0 Å². The Labute approximate surface area is 221 Å². The number of rotatable bonds is 10. The molecule has 2 aliphatic rings. The molecule has 1 aromatic rings. The van der Waals surface area contributed by atoms with E-state index in [1.165, 1.54) is 24.3 Å². The van der Waals surface area contributed by atoms with Gasteiger partial charge in [0.15, 0.2) is 6.29 Å². The molecule has 0 aliphatic carbocycles. The van der Waals surface area contributed by atoms with Gasteiger partial charge in [-0.1, -0.05) is 12.1 Å². The molecule has 2 aliphatic heterocycles. The van der Waals surface area contributed by atoms with E-state index in [0.717, 1.165) is 12.3 Å². The minimum absolute atomic E-state index is 0.0437. The highest BCUT2D eigenvalue weighted by molar-refractivity contribution is 5.89. The lowest BCUT2D eigenvalue weighted by molar-refractivity contribution is -0.327. The first kappa shape index (κ1) is 29.8. The van der Waals surface area contributed by atoms with Crippen LogP contribution in [0.15, 0.2) is 53.8 Å². The fourth-order valence-electron chi connectivity index (χ4n) is 3.91. The Hall–Kier alpha value is -3.79. The summed E-state index contributed by atoms with van der Waals surface area (Å²) in [4.78, 5) is 35.4. The number of aliphatic hydroxyl groups is 4. The van der Waals surface area contributed by atoms with E-state index in [-0.39, 0.29) is 11.3 Å². The molecule has 0 saturated carbocycles. The third-order valence-electron chi connectivity index (χ3n) is 5.95. The predicted octanol–water partition coefficient (Wildman–Crippen LogP) is -0.893. The Kier molecular flexibility index (Phi) is 10.2. The molecule has 39 heavy (non-hydrogen) atoms. The highest BCUT2D eigenvalue weighted by atomic mass is 16.8. The van der Waals surface area contributed by atoms with Crippen molar-refractivity contribution in [2.45, 2.75) is 43.4 Å². The highest BCUT2D eigenvalue weighted by Gasteiger charge is 2.46. The molecule has 7 N–H and O–H groups in total. The maximum atomic E-state index is 12.2. The number of benzene rings is 1. The Balaban J connectivity index is 1.81. The monoisotopic (exact) mass is 552 g/mol. The van der Waals surface area contributed by atoms with Gasteiger partial charge in [-0.3, -0.25) is 4.79 Å². The number of phenols is 1. The van der Waals surface area contributed by atoms with Crippen molar-refractivity contribution in [3.05, 3.63) is 59.4 Å². The Morgan fingerprint density at radius 3 is 2.31 bits per heavy atom. The lowest BCUT2D eigenvalue weighted by Crippen LogP contribution is -2.60. The fraction of sp³-hybridized carbons (Fsp3) is 0.400. The van der Waals surface area contributed by atoms with Crippen LogP contribution in [0.5, 0.6) is 5.75 Å². The van der Waals surface area contributed by atoms with Crippen LogP contribution in [0.25, 0.3) is 6.08 Å². The van der Waals surface area contributed by atoms with E-state index in [9.17, 15) is 50.1 Å². The number of aliphatic hydroxyl groups excluding tert-OH is 4. The van der Waals surface area contributed by atoms with Crippen molar-refractivity contribution in [3.8, 4) is 5.75 Å². The van der Waals surface area contributed by atoms with Crippen molar-refractivity contribution < 1.29 is 69.1 Å².